The summed E-state index contributed by atoms with van der Waals surface area (Å²) in [5.74, 6) is -0.778. The molecule has 0 spiro atoms. The molecule has 96 valence electrons. The van der Waals surface area contributed by atoms with Gasteiger partial charge in [-0.05, 0) is 59.7 Å². The maximum atomic E-state index is 13.9. The van der Waals surface area contributed by atoms with Crippen molar-refractivity contribution in [2.45, 2.75) is 13.0 Å². The second-order valence-corrected chi connectivity index (χ2v) is 6.48. The molecule has 1 unspecified atom stereocenters. The second-order valence-electron chi connectivity index (χ2n) is 3.99. The molecular weight excluding hydrogens is 320 g/mol. The number of rotatable bonds is 3. The van der Waals surface area contributed by atoms with Gasteiger partial charge in [0.2, 0.25) is 0 Å². The Morgan fingerprint density at radius 3 is 2.50 bits per heavy atom. The van der Waals surface area contributed by atoms with E-state index in [4.69, 9.17) is 0 Å². The molecule has 18 heavy (non-hydrogen) atoms. The Kier molecular flexibility index (Phi) is 4.14. The first-order chi connectivity index (χ1) is 8.52. The summed E-state index contributed by atoms with van der Waals surface area (Å²) in [6, 6.07) is 5.95. The zero-order chi connectivity index (χ0) is 13.3. The van der Waals surface area contributed by atoms with Crippen molar-refractivity contribution in [3.05, 3.63) is 55.7 Å². The van der Waals surface area contributed by atoms with Crippen LogP contribution in [-0.2, 0) is 0 Å². The molecule has 0 saturated heterocycles. The molecule has 0 aliphatic rings. The molecule has 0 aliphatic carbocycles. The van der Waals surface area contributed by atoms with Crippen LogP contribution in [0.5, 0.6) is 0 Å². The van der Waals surface area contributed by atoms with Crippen LogP contribution in [0.2, 0.25) is 0 Å². The molecule has 0 amide bonds. The van der Waals surface area contributed by atoms with Crippen LogP contribution in [0.1, 0.15) is 22.0 Å². The molecule has 0 saturated carbocycles. The van der Waals surface area contributed by atoms with Crippen LogP contribution in [0, 0.1) is 18.6 Å². The second kappa shape index (κ2) is 5.47. The van der Waals surface area contributed by atoms with E-state index < -0.39 is 5.82 Å². The molecular formula is C13H12BrF2NS. The van der Waals surface area contributed by atoms with E-state index in [0.717, 1.165) is 8.66 Å². The molecule has 5 heteroatoms. The topological polar surface area (TPSA) is 12.0 Å². The van der Waals surface area contributed by atoms with E-state index in [9.17, 15) is 8.78 Å². The Morgan fingerprint density at radius 2 is 1.94 bits per heavy atom. The Hall–Kier alpha value is -0.780. The maximum absolute atomic E-state index is 13.9. The third kappa shape index (κ3) is 2.63. The van der Waals surface area contributed by atoms with E-state index in [1.807, 2.05) is 12.1 Å². The van der Waals surface area contributed by atoms with Crippen molar-refractivity contribution < 1.29 is 8.78 Å². The molecule has 0 aliphatic heterocycles. The van der Waals surface area contributed by atoms with E-state index in [-0.39, 0.29) is 11.9 Å². The molecule has 0 bridgehead atoms. The smallest absolute Gasteiger partial charge is 0.128 e. The lowest BCUT2D eigenvalue weighted by molar-refractivity contribution is 0.556. The number of benzene rings is 1. The van der Waals surface area contributed by atoms with Crippen molar-refractivity contribution in [2.75, 3.05) is 7.05 Å². The van der Waals surface area contributed by atoms with Crippen molar-refractivity contribution in [1.82, 2.24) is 5.32 Å². The van der Waals surface area contributed by atoms with Crippen LogP contribution in [0.4, 0.5) is 8.78 Å². The van der Waals surface area contributed by atoms with Crippen molar-refractivity contribution in [1.29, 1.82) is 0 Å². The van der Waals surface area contributed by atoms with Crippen molar-refractivity contribution in [2.24, 2.45) is 0 Å². The monoisotopic (exact) mass is 331 g/mol. The minimum absolute atomic E-state index is 0.318. The van der Waals surface area contributed by atoms with E-state index in [1.54, 1.807) is 14.0 Å². The van der Waals surface area contributed by atoms with Crippen LogP contribution in [-0.4, -0.2) is 7.05 Å². The number of aryl methyl sites for hydroxylation is 1. The van der Waals surface area contributed by atoms with Gasteiger partial charge < -0.3 is 5.32 Å². The summed E-state index contributed by atoms with van der Waals surface area (Å²) in [4.78, 5) is 0.937. The molecule has 2 aromatic rings. The molecule has 0 radical (unpaired) electrons. The number of halogens is 3. The van der Waals surface area contributed by atoms with Crippen LogP contribution in [0.15, 0.2) is 28.1 Å². The van der Waals surface area contributed by atoms with Gasteiger partial charge in [0.1, 0.15) is 11.6 Å². The van der Waals surface area contributed by atoms with E-state index in [0.29, 0.717) is 11.1 Å². The highest BCUT2D eigenvalue weighted by atomic mass is 79.9. The summed E-state index contributed by atoms with van der Waals surface area (Å²) in [5, 5.41) is 3.02. The van der Waals surface area contributed by atoms with E-state index in [2.05, 4.69) is 21.2 Å². The Morgan fingerprint density at radius 1 is 1.22 bits per heavy atom. The first kappa shape index (κ1) is 13.6. The first-order valence-electron chi connectivity index (χ1n) is 5.41. The molecule has 1 heterocycles. The fourth-order valence-electron chi connectivity index (χ4n) is 1.82. The standard InChI is InChI=1S/C13H12BrF2NS/c1-7-5-10(16)8(6-9(7)15)13(17-2)11-3-4-12(14)18-11/h3-6,13,17H,1-2H3. The molecule has 2 rings (SSSR count). The van der Waals surface area contributed by atoms with Gasteiger partial charge >= 0.3 is 0 Å². The summed E-state index contributed by atoms with van der Waals surface area (Å²) in [5.41, 5.74) is 0.647. The van der Waals surface area contributed by atoms with Gasteiger partial charge in [-0.25, -0.2) is 8.78 Å². The number of hydrogen-bond acceptors (Lipinski definition) is 2. The lowest BCUT2D eigenvalue weighted by Gasteiger charge is -2.16. The fraction of sp³-hybridized carbons (Fsp3) is 0.231. The highest BCUT2D eigenvalue weighted by Gasteiger charge is 2.19. The number of hydrogen-bond donors (Lipinski definition) is 1. The lowest BCUT2D eigenvalue weighted by atomic mass is 10.0. The van der Waals surface area contributed by atoms with Gasteiger partial charge in [0.15, 0.2) is 0 Å². The van der Waals surface area contributed by atoms with Crippen LogP contribution < -0.4 is 5.32 Å². The van der Waals surface area contributed by atoms with E-state index >= 15 is 0 Å². The predicted molar refractivity (Wildman–Crippen MR) is 74.0 cm³/mol. The third-order valence-corrected chi connectivity index (χ3v) is 4.44. The zero-order valence-electron chi connectivity index (χ0n) is 9.93. The average Bonchev–Trinajstić information content (AvgIpc) is 2.73. The fourth-order valence-corrected chi connectivity index (χ4v) is 3.37. The van der Waals surface area contributed by atoms with Crippen LogP contribution >= 0.6 is 27.3 Å². The number of thiophene rings is 1. The predicted octanol–water partition coefficient (Wildman–Crippen LogP) is 4.41. The van der Waals surface area contributed by atoms with Crippen LogP contribution in [0.25, 0.3) is 0 Å². The highest BCUT2D eigenvalue weighted by molar-refractivity contribution is 9.11. The Bertz CT molecular complexity index is 568. The van der Waals surface area contributed by atoms with Crippen molar-refractivity contribution in [3.8, 4) is 0 Å². The summed E-state index contributed by atoms with van der Waals surface area (Å²) in [6.45, 7) is 1.55. The lowest BCUT2D eigenvalue weighted by Crippen LogP contribution is -2.18. The highest BCUT2D eigenvalue weighted by Crippen LogP contribution is 2.32. The van der Waals surface area contributed by atoms with Gasteiger partial charge in [0.05, 0.1) is 9.83 Å². The Balaban J connectivity index is 2.48. The molecule has 1 aromatic carbocycles. The largest absolute Gasteiger partial charge is 0.309 e. The van der Waals surface area contributed by atoms with Gasteiger partial charge in [0, 0.05) is 10.4 Å². The molecule has 1 N–H and O–H groups in total. The minimum Gasteiger partial charge on any atom is -0.309 e. The van der Waals surface area contributed by atoms with Gasteiger partial charge in [-0.2, -0.15) is 0 Å². The summed E-state index contributed by atoms with van der Waals surface area (Å²) < 4.78 is 28.5. The minimum atomic E-state index is -0.391. The summed E-state index contributed by atoms with van der Waals surface area (Å²) in [6.07, 6.45) is 0. The van der Waals surface area contributed by atoms with Gasteiger partial charge in [-0.15, -0.1) is 11.3 Å². The third-order valence-electron chi connectivity index (χ3n) is 2.76. The normalized spacial score (nSPS) is 12.7. The zero-order valence-corrected chi connectivity index (χ0v) is 12.3. The molecule has 1 nitrogen and oxygen atoms in total. The van der Waals surface area contributed by atoms with E-state index in [1.165, 1.54) is 23.5 Å². The summed E-state index contributed by atoms with van der Waals surface area (Å²) in [7, 11) is 1.73. The number of nitrogens with one attached hydrogen (secondary N) is 1. The maximum Gasteiger partial charge on any atom is 0.128 e. The van der Waals surface area contributed by atoms with Gasteiger partial charge in [-0.3, -0.25) is 0 Å². The van der Waals surface area contributed by atoms with Gasteiger partial charge in [0.25, 0.3) is 0 Å². The quantitative estimate of drug-likeness (QED) is 0.878. The first-order valence-corrected chi connectivity index (χ1v) is 7.02. The summed E-state index contributed by atoms with van der Waals surface area (Å²) >= 11 is 4.87. The Labute approximate surface area is 117 Å². The average molecular weight is 332 g/mol. The van der Waals surface area contributed by atoms with Crippen molar-refractivity contribution >= 4 is 27.3 Å². The molecule has 0 fully saturated rings. The molecule has 1 aromatic heterocycles. The van der Waals surface area contributed by atoms with Gasteiger partial charge in [-0.1, -0.05) is 0 Å². The van der Waals surface area contributed by atoms with Crippen LogP contribution in [0.3, 0.4) is 0 Å². The SMILES string of the molecule is CNC(c1ccc(Br)s1)c1cc(F)c(C)cc1F. The van der Waals surface area contributed by atoms with Crippen molar-refractivity contribution in [3.63, 3.8) is 0 Å². The molecule has 1 atom stereocenters.